The Kier molecular flexibility index (Phi) is 7.39. The van der Waals surface area contributed by atoms with Crippen LogP contribution >= 0.6 is 0 Å². The van der Waals surface area contributed by atoms with E-state index in [-0.39, 0.29) is 23.6 Å². The number of rotatable bonds is 12. The lowest BCUT2D eigenvalue weighted by Crippen LogP contribution is -2.25. The number of benzene rings is 1. The normalized spacial score (nSPS) is 13.1. The topological polar surface area (TPSA) is 152 Å². The Hall–Kier alpha value is -4.69. The van der Waals surface area contributed by atoms with Crippen molar-refractivity contribution in [2.24, 2.45) is 5.73 Å². The number of hydrogen-bond donors (Lipinski definition) is 2. The molecule has 4 heterocycles. The SMILES string of the molecule is COc1ccc(-n2ccnn2)c(CNC(=O)c2cn(Cc3cn4cc(C5CC5)cc(COCCN)c4n3)nn2)c1F. The second kappa shape index (κ2) is 11.4. The fourth-order valence-electron chi connectivity index (χ4n) is 4.70. The van der Waals surface area contributed by atoms with Gasteiger partial charge in [-0.3, -0.25) is 4.79 Å². The van der Waals surface area contributed by atoms with Crippen LogP contribution in [0.2, 0.25) is 0 Å². The fraction of sp³-hybridized carbons (Fsp3) is 0.333. The van der Waals surface area contributed by atoms with Crippen molar-refractivity contribution in [2.45, 2.75) is 38.5 Å². The van der Waals surface area contributed by atoms with Gasteiger partial charge in [0.15, 0.2) is 17.3 Å². The summed E-state index contributed by atoms with van der Waals surface area (Å²) in [6.07, 6.45) is 11.0. The molecule has 3 N–H and O–H groups in total. The molecule has 0 aliphatic heterocycles. The summed E-state index contributed by atoms with van der Waals surface area (Å²) in [7, 11) is 1.37. The summed E-state index contributed by atoms with van der Waals surface area (Å²) in [5.74, 6) is -0.483. The molecular weight excluding hydrogens is 531 g/mol. The van der Waals surface area contributed by atoms with Gasteiger partial charge in [0.25, 0.3) is 5.91 Å². The highest BCUT2D eigenvalue weighted by Gasteiger charge is 2.25. The molecule has 6 rings (SSSR count). The first-order chi connectivity index (χ1) is 20.0. The molecule has 1 aliphatic rings. The Morgan fingerprint density at radius 1 is 1.22 bits per heavy atom. The predicted molar refractivity (Wildman–Crippen MR) is 144 cm³/mol. The summed E-state index contributed by atoms with van der Waals surface area (Å²) in [5, 5.41) is 18.5. The van der Waals surface area contributed by atoms with E-state index in [1.807, 2.05) is 10.6 Å². The van der Waals surface area contributed by atoms with Crippen molar-refractivity contribution in [3.05, 3.63) is 83.1 Å². The van der Waals surface area contributed by atoms with Crippen LogP contribution in [0.3, 0.4) is 0 Å². The maximum atomic E-state index is 15.1. The van der Waals surface area contributed by atoms with E-state index in [2.05, 4.69) is 38.2 Å². The minimum Gasteiger partial charge on any atom is -0.494 e. The number of pyridine rings is 1. The maximum Gasteiger partial charge on any atom is 0.273 e. The van der Waals surface area contributed by atoms with E-state index in [1.165, 1.54) is 53.3 Å². The molecule has 1 aliphatic carbocycles. The average molecular weight is 561 g/mol. The minimum absolute atomic E-state index is 0.0508. The standard InChI is InChI=1S/C27H29FN10O3/c1-40-24-5-4-23(38-8-7-31-34-38)21(25(24)28)11-30-27(39)22-15-37(35-33-22)14-20-13-36-12-18(17-2-3-17)10-19(26(36)32-20)16-41-9-6-29/h4-5,7-8,10,12-13,15,17H,2-3,6,9,11,14,16,29H2,1H3,(H,30,39). The number of ether oxygens (including phenoxy) is 2. The fourth-order valence-corrected chi connectivity index (χ4v) is 4.70. The van der Waals surface area contributed by atoms with Gasteiger partial charge in [-0.05, 0) is 42.5 Å². The van der Waals surface area contributed by atoms with Gasteiger partial charge in [0.1, 0.15) is 5.65 Å². The highest BCUT2D eigenvalue weighted by atomic mass is 19.1. The molecule has 41 heavy (non-hydrogen) atoms. The number of halogens is 1. The molecule has 0 spiro atoms. The number of aromatic nitrogens is 8. The summed E-state index contributed by atoms with van der Waals surface area (Å²) in [6, 6.07) is 5.30. The van der Waals surface area contributed by atoms with Crippen LogP contribution in [0.25, 0.3) is 11.3 Å². The zero-order valence-corrected chi connectivity index (χ0v) is 22.4. The van der Waals surface area contributed by atoms with Crippen LogP contribution in [0.5, 0.6) is 5.75 Å². The molecule has 0 radical (unpaired) electrons. The summed E-state index contributed by atoms with van der Waals surface area (Å²) >= 11 is 0. The van der Waals surface area contributed by atoms with Crippen molar-refractivity contribution in [2.75, 3.05) is 20.3 Å². The van der Waals surface area contributed by atoms with Crippen molar-refractivity contribution in [1.29, 1.82) is 0 Å². The largest absolute Gasteiger partial charge is 0.494 e. The summed E-state index contributed by atoms with van der Waals surface area (Å²) in [6.45, 7) is 1.54. The number of fused-ring (bicyclic) bond motifs is 1. The smallest absolute Gasteiger partial charge is 0.273 e. The molecule has 1 aromatic carbocycles. The van der Waals surface area contributed by atoms with Gasteiger partial charge in [-0.1, -0.05) is 10.4 Å². The van der Waals surface area contributed by atoms with Gasteiger partial charge in [0, 0.05) is 36.6 Å². The number of carbonyl (C=O) groups excluding carboxylic acids is 1. The summed E-state index contributed by atoms with van der Waals surface area (Å²) in [5.41, 5.74) is 10.1. The van der Waals surface area contributed by atoms with Crippen molar-refractivity contribution in [3.63, 3.8) is 0 Å². The van der Waals surface area contributed by atoms with E-state index in [0.29, 0.717) is 37.9 Å². The first kappa shape index (κ1) is 26.5. The van der Waals surface area contributed by atoms with Gasteiger partial charge in [-0.15, -0.1) is 10.2 Å². The van der Waals surface area contributed by atoms with E-state index in [0.717, 1.165) is 16.9 Å². The molecule has 1 fully saturated rings. The van der Waals surface area contributed by atoms with E-state index < -0.39 is 11.7 Å². The molecule has 0 bridgehead atoms. The van der Waals surface area contributed by atoms with E-state index in [9.17, 15) is 4.79 Å². The Bertz CT molecular complexity index is 1680. The van der Waals surface area contributed by atoms with Crippen LogP contribution in [0, 0.1) is 5.82 Å². The first-order valence-electron chi connectivity index (χ1n) is 13.2. The Labute approximate surface area is 234 Å². The number of amides is 1. The van der Waals surface area contributed by atoms with E-state index in [1.54, 1.807) is 12.3 Å². The van der Waals surface area contributed by atoms with Gasteiger partial charge in [-0.2, -0.15) is 0 Å². The lowest BCUT2D eigenvalue weighted by atomic mass is 10.1. The molecule has 13 nitrogen and oxygen atoms in total. The van der Waals surface area contributed by atoms with Crippen molar-refractivity contribution >= 4 is 11.6 Å². The molecule has 0 atom stereocenters. The highest BCUT2D eigenvalue weighted by molar-refractivity contribution is 5.91. The number of hydrogen-bond acceptors (Lipinski definition) is 9. The molecule has 14 heteroatoms. The summed E-state index contributed by atoms with van der Waals surface area (Å²) < 4.78 is 30.9. The quantitative estimate of drug-likeness (QED) is 0.218. The zero-order valence-electron chi connectivity index (χ0n) is 22.4. The number of nitrogens with zero attached hydrogens (tertiary/aromatic N) is 8. The van der Waals surface area contributed by atoms with Gasteiger partial charge in [0.05, 0.1) is 56.8 Å². The summed E-state index contributed by atoms with van der Waals surface area (Å²) in [4.78, 5) is 17.7. The zero-order chi connectivity index (χ0) is 28.3. The molecule has 1 amide bonds. The first-order valence-corrected chi connectivity index (χ1v) is 13.2. The lowest BCUT2D eigenvalue weighted by Gasteiger charge is -2.13. The van der Waals surface area contributed by atoms with Gasteiger partial charge in [0.2, 0.25) is 0 Å². The molecule has 0 unspecified atom stereocenters. The molecule has 0 saturated heterocycles. The third-order valence-corrected chi connectivity index (χ3v) is 6.86. The van der Waals surface area contributed by atoms with Crippen molar-refractivity contribution in [1.82, 2.24) is 44.7 Å². The van der Waals surface area contributed by atoms with Crippen LogP contribution < -0.4 is 15.8 Å². The third kappa shape index (κ3) is 5.64. The van der Waals surface area contributed by atoms with Crippen molar-refractivity contribution in [3.8, 4) is 11.4 Å². The molecule has 4 aromatic heterocycles. The second-order valence-corrected chi connectivity index (χ2v) is 9.79. The maximum absolute atomic E-state index is 15.1. The van der Waals surface area contributed by atoms with E-state index in [4.69, 9.17) is 20.2 Å². The Balaban J connectivity index is 1.17. The minimum atomic E-state index is -0.603. The Morgan fingerprint density at radius 3 is 2.85 bits per heavy atom. The van der Waals surface area contributed by atoms with Crippen LogP contribution in [-0.2, 0) is 24.4 Å². The molecule has 212 valence electrons. The van der Waals surface area contributed by atoms with E-state index >= 15 is 4.39 Å². The Morgan fingerprint density at radius 2 is 2.10 bits per heavy atom. The van der Waals surface area contributed by atoms with Gasteiger partial charge < -0.3 is 24.9 Å². The number of imidazole rings is 1. The van der Waals surface area contributed by atoms with Crippen LogP contribution in [0.4, 0.5) is 4.39 Å². The third-order valence-electron chi connectivity index (χ3n) is 6.86. The molecular formula is C27H29FN10O3. The monoisotopic (exact) mass is 560 g/mol. The number of carbonyl (C=O) groups is 1. The van der Waals surface area contributed by atoms with Gasteiger partial charge >= 0.3 is 0 Å². The van der Waals surface area contributed by atoms with Crippen LogP contribution in [0.15, 0.2) is 49.2 Å². The van der Waals surface area contributed by atoms with Crippen LogP contribution in [0.1, 0.15) is 51.6 Å². The van der Waals surface area contributed by atoms with Crippen molar-refractivity contribution < 1.29 is 18.7 Å². The highest BCUT2D eigenvalue weighted by Crippen LogP contribution is 2.40. The predicted octanol–water partition coefficient (Wildman–Crippen LogP) is 1.99. The molecule has 1 saturated carbocycles. The second-order valence-electron chi connectivity index (χ2n) is 9.79. The average Bonchev–Trinajstić information content (AvgIpc) is 3.32. The van der Waals surface area contributed by atoms with Crippen LogP contribution in [-0.4, -0.2) is 65.5 Å². The number of nitrogens with two attached hydrogens (primary N) is 1. The lowest BCUT2D eigenvalue weighted by molar-refractivity contribution is 0.0945. The number of methoxy groups -OCH3 is 1. The number of nitrogens with one attached hydrogen (secondary N) is 1. The van der Waals surface area contributed by atoms with Gasteiger partial charge in [-0.25, -0.2) is 18.7 Å². The molecule has 5 aromatic rings.